The second-order valence-electron chi connectivity index (χ2n) is 2.56. The molecular formula is C10H12O2S. The van der Waals surface area contributed by atoms with Gasteiger partial charge in [-0.2, -0.15) is 0 Å². The molecule has 0 bridgehead atoms. The standard InChI is InChI=1S/C10H12O2S/c1-12-9-7-8(5-6-11)3-4-10(9)13-2/h3-4,6-7H,5H2,1-2H3. The lowest BCUT2D eigenvalue weighted by Crippen LogP contribution is -1.90. The summed E-state index contributed by atoms with van der Waals surface area (Å²) in [5.41, 5.74) is 0.990. The lowest BCUT2D eigenvalue weighted by atomic mass is 10.1. The van der Waals surface area contributed by atoms with Crippen molar-refractivity contribution in [3.05, 3.63) is 23.8 Å². The summed E-state index contributed by atoms with van der Waals surface area (Å²) >= 11 is 1.63. The Balaban J connectivity index is 2.98. The van der Waals surface area contributed by atoms with Gasteiger partial charge in [0, 0.05) is 11.3 Å². The summed E-state index contributed by atoms with van der Waals surface area (Å²) in [6.07, 6.45) is 3.34. The second-order valence-corrected chi connectivity index (χ2v) is 3.41. The normalized spacial score (nSPS) is 9.69. The van der Waals surface area contributed by atoms with E-state index in [4.69, 9.17) is 4.74 Å². The Kier molecular flexibility index (Phi) is 3.83. The zero-order chi connectivity index (χ0) is 9.68. The molecule has 0 radical (unpaired) electrons. The average Bonchev–Trinajstić information content (AvgIpc) is 2.18. The molecule has 1 aromatic rings. The molecule has 0 aliphatic heterocycles. The van der Waals surface area contributed by atoms with Crippen molar-refractivity contribution in [1.82, 2.24) is 0 Å². The molecule has 0 saturated carbocycles. The predicted octanol–water partition coefficient (Wildman–Crippen LogP) is 2.16. The van der Waals surface area contributed by atoms with E-state index < -0.39 is 0 Å². The molecule has 1 aromatic carbocycles. The largest absolute Gasteiger partial charge is 0.496 e. The summed E-state index contributed by atoms with van der Waals surface area (Å²) in [4.78, 5) is 11.4. The maximum absolute atomic E-state index is 10.3. The summed E-state index contributed by atoms with van der Waals surface area (Å²) in [5.74, 6) is 0.840. The van der Waals surface area contributed by atoms with E-state index >= 15 is 0 Å². The van der Waals surface area contributed by atoms with Crippen LogP contribution in [0, 0.1) is 0 Å². The molecule has 0 aromatic heterocycles. The van der Waals surface area contributed by atoms with Crippen LogP contribution in [0.5, 0.6) is 5.75 Å². The third-order valence-electron chi connectivity index (χ3n) is 1.77. The molecule has 0 unspecified atom stereocenters. The van der Waals surface area contributed by atoms with Crippen LogP contribution in [0.4, 0.5) is 0 Å². The minimum atomic E-state index is 0.449. The Labute approximate surface area is 82.3 Å². The number of methoxy groups -OCH3 is 1. The average molecular weight is 196 g/mol. The van der Waals surface area contributed by atoms with Gasteiger partial charge in [0.25, 0.3) is 0 Å². The Morgan fingerprint density at radius 2 is 2.31 bits per heavy atom. The van der Waals surface area contributed by atoms with Gasteiger partial charge in [-0.3, -0.25) is 0 Å². The number of ether oxygens (including phenoxy) is 1. The molecule has 0 heterocycles. The Morgan fingerprint density at radius 3 is 2.85 bits per heavy atom. The van der Waals surface area contributed by atoms with Crippen LogP contribution in [-0.2, 0) is 11.2 Å². The van der Waals surface area contributed by atoms with Crippen LogP contribution in [0.3, 0.4) is 0 Å². The lowest BCUT2D eigenvalue weighted by molar-refractivity contribution is -0.107. The first-order valence-electron chi connectivity index (χ1n) is 3.96. The molecule has 0 N–H and O–H groups in total. The van der Waals surface area contributed by atoms with Crippen molar-refractivity contribution >= 4 is 18.0 Å². The zero-order valence-corrected chi connectivity index (χ0v) is 8.56. The van der Waals surface area contributed by atoms with E-state index in [2.05, 4.69) is 0 Å². The Bertz CT molecular complexity index is 297. The van der Waals surface area contributed by atoms with Gasteiger partial charge >= 0.3 is 0 Å². The van der Waals surface area contributed by atoms with Crippen LogP contribution in [0.15, 0.2) is 23.1 Å². The molecule has 0 saturated heterocycles. The van der Waals surface area contributed by atoms with Gasteiger partial charge in [-0.15, -0.1) is 11.8 Å². The molecule has 70 valence electrons. The Hall–Kier alpha value is -0.960. The van der Waals surface area contributed by atoms with Crippen molar-refractivity contribution < 1.29 is 9.53 Å². The van der Waals surface area contributed by atoms with Crippen LogP contribution in [-0.4, -0.2) is 19.7 Å². The lowest BCUT2D eigenvalue weighted by Gasteiger charge is -2.06. The number of hydrogen-bond acceptors (Lipinski definition) is 3. The van der Waals surface area contributed by atoms with E-state index in [1.165, 1.54) is 0 Å². The summed E-state index contributed by atoms with van der Waals surface area (Å²) in [7, 11) is 1.64. The number of rotatable bonds is 4. The fourth-order valence-corrected chi connectivity index (χ4v) is 1.65. The third kappa shape index (κ3) is 2.49. The van der Waals surface area contributed by atoms with Gasteiger partial charge in [0.15, 0.2) is 0 Å². The number of benzene rings is 1. The van der Waals surface area contributed by atoms with E-state index in [0.717, 1.165) is 22.5 Å². The van der Waals surface area contributed by atoms with Crippen LogP contribution < -0.4 is 4.74 Å². The number of carbonyl (C=O) groups is 1. The highest BCUT2D eigenvalue weighted by Crippen LogP contribution is 2.28. The molecule has 13 heavy (non-hydrogen) atoms. The highest BCUT2D eigenvalue weighted by atomic mass is 32.2. The van der Waals surface area contributed by atoms with Crippen LogP contribution in [0.25, 0.3) is 0 Å². The Morgan fingerprint density at radius 1 is 1.54 bits per heavy atom. The van der Waals surface area contributed by atoms with Crippen LogP contribution >= 0.6 is 11.8 Å². The highest BCUT2D eigenvalue weighted by molar-refractivity contribution is 7.98. The number of aldehydes is 1. The molecular weight excluding hydrogens is 184 g/mol. The number of thioether (sulfide) groups is 1. The molecule has 0 aliphatic carbocycles. The summed E-state index contributed by atoms with van der Waals surface area (Å²) in [5, 5.41) is 0. The predicted molar refractivity (Wildman–Crippen MR) is 54.5 cm³/mol. The first kappa shape index (κ1) is 10.1. The molecule has 3 heteroatoms. The van der Waals surface area contributed by atoms with E-state index in [1.807, 2.05) is 24.5 Å². The minimum absolute atomic E-state index is 0.449. The number of carbonyl (C=O) groups excluding carboxylic acids is 1. The molecule has 0 spiro atoms. The molecule has 0 fully saturated rings. The van der Waals surface area contributed by atoms with Gasteiger partial charge < -0.3 is 9.53 Å². The molecule has 0 atom stereocenters. The molecule has 2 nitrogen and oxygen atoms in total. The summed E-state index contributed by atoms with van der Waals surface area (Å²) < 4.78 is 5.19. The van der Waals surface area contributed by atoms with E-state index in [-0.39, 0.29) is 0 Å². The van der Waals surface area contributed by atoms with E-state index in [9.17, 15) is 4.79 Å². The van der Waals surface area contributed by atoms with Crippen molar-refractivity contribution in [3.8, 4) is 5.75 Å². The minimum Gasteiger partial charge on any atom is -0.496 e. The van der Waals surface area contributed by atoms with Crippen molar-refractivity contribution in [2.75, 3.05) is 13.4 Å². The second kappa shape index (κ2) is 4.92. The van der Waals surface area contributed by atoms with Crippen LogP contribution in [0.2, 0.25) is 0 Å². The highest BCUT2D eigenvalue weighted by Gasteiger charge is 2.02. The van der Waals surface area contributed by atoms with E-state index in [1.54, 1.807) is 18.9 Å². The smallest absolute Gasteiger partial charge is 0.132 e. The third-order valence-corrected chi connectivity index (χ3v) is 2.54. The van der Waals surface area contributed by atoms with Crippen LogP contribution in [0.1, 0.15) is 5.56 Å². The maximum Gasteiger partial charge on any atom is 0.132 e. The summed E-state index contributed by atoms with van der Waals surface area (Å²) in [6, 6.07) is 5.82. The quantitative estimate of drug-likeness (QED) is 0.545. The van der Waals surface area contributed by atoms with Crippen molar-refractivity contribution in [2.24, 2.45) is 0 Å². The monoisotopic (exact) mass is 196 g/mol. The first-order valence-corrected chi connectivity index (χ1v) is 5.19. The SMILES string of the molecule is COc1cc(CC=O)ccc1SC. The van der Waals surface area contributed by atoms with Gasteiger partial charge in [-0.05, 0) is 24.0 Å². The first-order chi connectivity index (χ1) is 6.31. The maximum atomic E-state index is 10.3. The molecule has 0 aliphatic rings. The van der Waals surface area contributed by atoms with Gasteiger partial charge in [-0.25, -0.2) is 0 Å². The fourth-order valence-electron chi connectivity index (χ4n) is 1.10. The van der Waals surface area contributed by atoms with Crippen molar-refractivity contribution in [1.29, 1.82) is 0 Å². The van der Waals surface area contributed by atoms with E-state index in [0.29, 0.717) is 6.42 Å². The molecule has 1 rings (SSSR count). The number of hydrogen-bond donors (Lipinski definition) is 0. The van der Waals surface area contributed by atoms with Gasteiger partial charge in [0.2, 0.25) is 0 Å². The van der Waals surface area contributed by atoms with Gasteiger partial charge in [-0.1, -0.05) is 6.07 Å². The zero-order valence-electron chi connectivity index (χ0n) is 7.74. The summed E-state index contributed by atoms with van der Waals surface area (Å²) in [6.45, 7) is 0. The molecule has 0 amide bonds. The topological polar surface area (TPSA) is 26.3 Å². The fraction of sp³-hybridized carbons (Fsp3) is 0.300. The van der Waals surface area contributed by atoms with Crippen molar-refractivity contribution in [2.45, 2.75) is 11.3 Å². The van der Waals surface area contributed by atoms with Gasteiger partial charge in [0.1, 0.15) is 12.0 Å². The van der Waals surface area contributed by atoms with Crippen molar-refractivity contribution in [3.63, 3.8) is 0 Å². The van der Waals surface area contributed by atoms with Gasteiger partial charge in [0.05, 0.1) is 7.11 Å².